The van der Waals surface area contributed by atoms with Crippen molar-refractivity contribution in [1.29, 1.82) is 0 Å². The average Bonchev–Trinajstić information content (AvgIpc) is 3.58. The number of rotatable bonds is 3. The van der Waals surface area contributed by atoms with Crippen molar-refractivity contribution in [2.75, 3.05) is 19.0 Å². The summed E-state index contributed by atoms with van der Waals surface area (Å²) in [6.07, 6.45) is 0.332. The molecule has 2 aromatic carbocycles. The molecule has 10 heteroatoms. The number of thiophene rings is 1. The number of para-hydroxylation sites is 1. The number of carbonyl (C=O) groups excluding carboxylic acids is 2. The van der Waals surface area contributed by atoms with E-state index in [0.29, 0.717) is 25.1 Å². The second-order valence-corrected chi connectivity index (χ2v) is 10.8. The summed E-state index contributed by atoms with van der Waals surface area (Å²) in [6, 6.07) is 13.5. The molecule has 170 valence electrons. The van der Waals surface area contributed by atoms with Gasteiger partial charge in [0.15, 0.2) is 0 Å². The predicted octanol–water partition coefficient (Wildman–Crippen LogP) is 6.01. The maximum absolute atomic E-state index is 13.2. The Labute approximate surface area is 206 Å². The largest absolute Gasteiger partial charge is 0.453 e. The molecule has 0 bridgehead atoms. The molecule has 4 heterocycles. The predicted molar refractivity (Wildman–Crippen MR) is 137 cm³/mol. The van der Waals surface area contributed by atoms with Crippen molar-refractivity contribution in [3.05, 3.63) is 64.0 Å². The fourth-order valence-electron chi connectivity index (χ4n) is 4.15. The van der Waals surface area contributed by atoms with E-state index in [2.05, 4.69) is 16.4 Å². The number of thiazole rings is 2. The van der Waals surface area contributed by atoms with Crippen LogP contribution in [0.15, 0.2) is 48.0 Å². The van der Waals surface area contributed by atoms with Crippen LogP contribution in [0.4, 0.5) is 9.80 Å². The van der Waals surface area contributed by atoms with Crippen molar-refractivity contribution in [2.24, 2.45) is 0 Å². The van der Waals surface area contributed by atoms with Gasteiger partial charge < -0.3 is 15.0 Å². The lowest BCUT2D eigenvalue weighted by atomic mass is 10.0. The minimum Gasteiger partial charge on any atom is -0.453 e. The van der Waals surface area contributed by atoms with E-state index in [1.807, 2.05) is 30.3 Å². The molecule has 0 unspecified atom stereocenters. The molecule has 1 N–H and O–H groups in total. The first kappa shape index (κ1) is 21.2. The van der Waals surface area contributed by atoms with E-state index in [1.54, 1.807) is 27.8 Å². The van der Waals surface area contributed by atoms with Crippen LogP contribution in [0, 0.1) is 0 Å². The van der Waals surface area contributed by atoms with Crippen molar-refractivity contribution in [3.8, 4) is 10.6 Å². The maximum atomic E-state index is 13.2. The number of fused-ring (bicyclic) bond motifs is 3. The van der Waals surface area contributed by atoms with Crippen LogP contribution in [-0.2, 0) is 17.7 Å². The van der Waals surface area contributed by atoms with Gasteiger partial charge in [-0.25, -0.2) is 14.8 Å². The third-order valence-electron chi connectivity index (χ3n) is 5.82. The lowest BCUT2D eigenvalue weighted by Crippen LogP contribution is -2.35. The molecule has 34 heavy (non-hydrogen) atoms. The smallest absolute Gasteiger partial charge is 0.409 e. The molecule has 0 saturated heterocycles. The van der Waals surface area contributed by atoms with E-state index < -0.39 is 0 Å². The van der Waals surface area contributed by atoms with Gasteiger partial charge in [0.2, 0.25) is 0 Å². The molecule has 3 aromatic heterocycles. The second-order valence-electron chi connectivity index (χ2n) is 7.83. The molecule has 5 aromatic rings. The maximum Gasteiger partial charge on any atom is 0.409 e. The number of aromatic nitrogens is 2. The summed E-state index contributed by atoms with van der Waals surface area (Å²) in [5, 5.41) is 4.77. The van der Waals surface area contributed by atoms with Crippen molar-refractivity contribution in [3.63, 3.8) is 0 Å². The lowest BCUT2D eigenvalue weighted by molar-refractivity contribution is 0.102. The molecule has 7 nitrogen and oxygen atoms in total. The Morgan fingerprint density at radius 3 is 2.82 bits per heavy atom. The van der Waals surface area contributed by atoms with Crippen LogP contribution in [0.3, 0.4) is 0 Å². The topological polar surface area (TPSA) is 84.4 Å². The first-order chi connectivity index (χ1) is 16.6. The van der Waals surface area contributed by atoms with Crippen LogP contribution in [0.2, 0.25) is 0 Å². The van der Waals surface area contributed by atoms with Crippen LogP contribution >= 0.6 is 34.0 Å². The van der Waals surface area contributed by atoms with E-state index in [1.165, 1.54) is 29.8 Å². The second kappa shape index (κ2) is 8.46. The minimum atomic E-state index is -0.343. The van der Waals surface area contributed by atoms with Crippen molar-refractivity contribution in [2.45, 2.75) is 13.0 Å². The van der Waals surface area contributed by atoms with Gasteiger partial charge in [0.1, 0.15) is 10.0 Å². The summed E-state index contributed by atoms with van der Waals surface area (Å²) in [5.41, 5.74) is 6.26. The van der Waals surface area contributed by atoms with Crippen molar-refractivity contribution >= 4 is 71.4 Å². The standard InChI is InChI=1S/C24H18N4O3S3/c1-31-24(30)28-9-8-14-19(11-28)34-23(20(14)22-26-16-4-2-3-5-17(16)33-22)27-21(29)13-6-7-15-18(10-13)32-12-25-15/h2-7,10,12H,8-9,11H2,1H3,(H,27,29). The van der Waals surface area contributed by atoms with Crippen LogP contribution < -0.4 is 5.32 Å². The minimum absolute atomic E-state index is 0.180. The molecule has 0 saturated carbocycles. The zero-order valence-electron chi connectivity index (χ0n) is 18.0. The third-order valence-corrected chi connectivity index (χ3v) is 8.80. The third kappa shape index (κ3) is 3.64. The number of amides is 2. The number of carbonyl (C=O) groups is 2. The van der Waals surface area contributed by atoms with Crippen LogP contribution in [-0.4, -0.2) is 40.5 Å². The Morgan fingerprint density at radius 2 is 1.97 bits per heavy atom. The highest BCUT2D eigenvalue weighted by Crippen LogP contribution is 2.46. The lowest BCUT2D eigenvalue weighted by Gasteiger charge is -2.25. The number of ether oxygens (including phenoxy) is 1. The van der Waals surface area contributed by atoms with E-state index in [9.17, 15) is 9.59 Å². The van der Waals surface area contributed by atoms with Gasteiger partial charge in [-0.2, -0.15) is 0 Å². The highest BCUT2D eigenvalue weighted by atomic mass is 32.1. The first-order valence-corrected chi connectivity index (χ1v) is 13.1. The van der Waals surface area contributed by atoms with E-state index in [-0.39, 0.29) is 12.0 Å². The van der Waals surface area contributed by atoms with E-state index in [4.69, 9.17) is 9.72 Å². The van der Waals surface area contributed by atoms with Gasteiger partial charge in [-0.1, -0.05) is 12.1 Å². The van der Waals surface area contributed by atoms with Gasteiger partial charge in [-0.3, -0.25) is 4.79 Å². The monoisotopic (exact) mass is 506 g/mol. The number of nitrogens with one attached hydrogen (secondary N) is 1. The Balaban J connectivity index is 1.42. The fourth-order valence-corrected chi connectivity index (χ4v) is 7.24. The quantitative estimate of drug-likeness (QED) is 0.324. The van der Waals surface area contributed by atoms with Gasteiger partial charge in [-0.15, -0.1) is 34.0 Å². The van der Waals surface area contributed by atoms with Gasteiger partial charge in [0, 0.05) is 22.5 Å². The molecule has 0 radical (unpaired) electrons. The number of benzene rings is 2. The normalized spacial score (nSPS) is 13.3. The molecule has 6 rings (SSSR count). The summed E-state index contributed by atoms with van der Waals surface area (Å²) in [6.45, 7) is 1.01. The average molecular weight is 507 g/mol. The highest BCUT2D eigenvalue weighted by Gasteiger charge is 2.30. The number of methoxy groups -OCH3 is 1. The molecule has 0 fully saturated rings. The molecular weight excluding hydrogens is 488 g/mol. The zero-order valence-corrected chi connectivity index (χ0v) is 20.5. The molecule has 0 aliphatic carbocycles. The summed E-state index contributed by atoms with van der Waals surface area (Å²) in [7, 11) is 1.39. The van der Waals surface area contributed by atoms with Gasteiger partial charge in [-0.05, 0) is 42.3 Å². The fraction of sp³-hybridized carbons (Fsp3) is 0.167. The summed E-state index contributed by atoms with van der Waals surface area (Å²) in [4.78, 5) is 37.3. The summed E-state index contributed by atoms with van der Waals surface area (Å²) in [5.74, 6) is -0.180. The molecule has 0 spiro atoms. The number of anilines is 1. The van der Waals surface area contributed by atoms with Gasteiger partial charge >= 0.3 is 6.09 Å². The van der Waals surface area contributed by atoms with Crippen LogP contribution in [0.1, 0.15) is 20.8 Å². The molecule has 2 amide bonds. The van der Waals surface area contributed by atoms with E-state index >= 15 is 0 Å². The van der Waals surface area contributed by atoms with Crippen molar-refractivity contribution in [1.82, 2.24) is 14.9 Å². The molecule has 0 atom stereocenters. The molecule has 1 aliphatic heterocycles. The Hall–Kier alpha value is -3.34. The number of hydrogen-bond acceptors (Lipinski definition) is 8. The summed E-state index contributed by atoms with van der Waals surface area (Å²) >= 11 is 4.62. The Kier molecular flexibility index (Phi) is 5.28. The number of hydrogen-bond donors (Lipinski definition) is 1. The molecule has 1 aliphatic rings. The summed E-state index contributed by atoms with van der Waals surface area (Å²) < 4.78 is 6.99. The highest BCUT2D eigenvalue weighted by molar-refractivity contribution is 7.23. The van der Waals surface area contributed by atoms with Crippen LogP contribution in [0.5, 0.6) is 0 Å². The molecular formula is C24H18N4O3S3. The van der Waals surface area contributed by atoms with Crippen LogP contribution in [0.25, 0.3) is 31.0 Å². The first-order valence-electron chi connectivity index (χ1n) is 10.6. The Morgan fingerprint density at radius 1 is 1.09 bits per heavy atom. The SMILES string of the molecule is COC(=O)N1CCc2c(sc(NC(=O)c3ccc4ncsc4c3)c2-c2nc3ccccc3s2)C1. The Bertz CT molecular complexity index is 1540. The zero-order chi connectivity index (χ0) is 23.2. The van der Waals surface area contributed by atoms with E-state index in [0.717, 1.165) is 46.4 Å². The van der Waals surface area contributed by atoms with Gasteiger partial charge in [0.05, 0.1) is 39.6 Å². The number of nitrogens with zero attached hydrogens (tertiary/aromatic N) is 3. The van der Waals surface area contributed by atoms with Gasteiger partial charge in [0.25, 0.3) is 5.91 Å². The van der Waals surface area contributed by atoms with Crippen molar-refractivity contribution < 1.29 is 14.3 Å².